The van der Waals surface area contributed by atoms with Crippen LogP contribution in [0.3, 0.4) is 0 Å². The minimum absolute atomic E-state index is 0.0174. The summed E-state index contributed by atoms with van der Waals surface area (Å²) >= 11 is 0. The van der Waals surface area contributed by atoms with Crippen molar-refractivity contribution >= 4 is 22.5 Å². The molecule has 9 heteroatoms. The van der Waals surface area contributed by atoms with Crippen LogP contribution in [0.2, 0.25) is 0 Å². The molecule has 4 aromatic rings. The lowest BCUT2D eigenvalue weighted by molar-refractivity contribution is 0.271. The molecule has 9 nitrogen and oxygen atoms in total. The molecule has 4 heterocycles. The summed E-state index contributed by atoms with van der Waals surface area (Å²) in [6.45, 7) is 1.09. The molecule has 0 bridgehead atoms. The number of aliphatic hydroxyl groups is 1. The van der Waals surface area contributed by atoms with Crippen molar-refractivity contribution in [3.8, 4) is 0 Å². The molecule has 4 aromatic heterocycles. The van der Waals surface area contributed by atoms with E-state index in [9.17, 15) is 0 Å². The molecular formula is C15H16N8O. The maximum absolute atomic E-state index is 9.07. The summed E-state index contributed by atoms with van der Waals surface area (Å²) in [5.74, 6) is 1.61. The fourth-order valence-electron chi connectivity index (χ4n) is 2.65. The minimum atomic E-state index is 0.0174. The SMILES string of the molecule is OCCn1ncc2c(NCCc3nnc4ccccn34)ncnc21. The molecule has 0 aromatic carbocycles. The molecule has 0 spiro atoms. The summed E-state index contributed by atoms with van der Waals surface area (Å²) in [7, 11) is 0. The second-order valence-electron chi connectivity index (χ2n) is 5.27. The summed E-state index contributed by atoms with van der Waals surface area (Å²) in [5, 5.41) is 25.8. The van der Waals surface area contributed by atoms with Crippen molar-refractivity contribution in [3.05, 3.63) is 42.7 Å². The Morgan fingerprint density at radius 2 is 2.12 bits per heavy atom. The zero-order valence-electron chi connectivity index (χ0n) is 12.9. The highest BCUT2D eigenvalue weighted by Gasteiger charge is 2.10. The van der Waals surface area contributed by atoms with Gasteiger partial charge in [0, 0.05) is 19.2 Å². The second-order valence-corrected chi connectivity index (χ2v) is 5.27. The van der Waals surface area contributed by atoms with Crippen molar-refractivity contribution in [2.75, 3.05) is 18.5 Å². The summed E-state index contributed by atoms with van der Waals surface area (Å²) in [4.78, 5) is 8.51. The van der Waals surface area contributed by atoms with Gasteiger partial charge in [0.1, 0.15) is 18.0 Å². The number of hydrogen-bond acceptors (Lipinski definition) is 7. The van der Waals surface area contributed by atoms with Gasteiger partial charge in [0.15, 0.2) is 11.3 Å². The van der Waals surface area contributed by atoms with Gasteiger partial charge in [-0.2, -0.15) is 5.10 Å². The standard InChI is InChI=1S/C15H16N8O/c24-8-7-23-15-11(9-19-23)14(17-10-18-15)16-5-4-13-21-20-12-3-1-2-6-22(12)13/h1-3,6,9-10,24H,4-5,7-8H2,(H,16,17,18). The molecule has 0 fully saturated rings. The molecule has 0 radical (unpaired) electrons. The number of nitrogens with one attached hydrogen (secondary N) is 1. The molecule has 0 saturated heterocycles. The molecule has 0 amide bonds. The van der Waals surface area contributed by atoms with Gasteiger partial charge in [-0.05, 0) is 12.1 Å². The van der Waals surface area contributed by atoms with Crippen LogP contribution in [0, 0.1) is 0 Å². The number of fused-ring (bicyclic) bond motifs is 2. The molecule has 0 aliphatic rings. The third kappa shape index (κ3) is 2.54. The Labute approximate surface area is 137 Å². The molecule has 24 heavy (non-hydrogen) atoms. The molecule has 4 rings (SSSR count). The Kier molecular flexibility index (Phi) is 3.75. The summed E-state index contributed by atoms with van der Waals surface area (Å²) < 4.78 is 3.63. The molecule has 122 valence electrons. The summed E-state index contributed by atoms with van der Waals surface area (Å²) in [6.07, 6.45) is 5.86. The van der Waals surface area contributed by atoms with Gasteiger partial charge < -0.3 is 10.4 Å². The Morgan fingerprint density at radius 3 is 3.04 bits per heavy atom. The quantitative estimate of drug-likeness (QED) is 0.532. The largest absolute Gasteiger partial charge is 0.394 e. The van der Waals surface area contributed by atoms with Crippen LogP contribution >= 0.6 is 0 Å². The topological polar surface area (TPSA) is 106 Å². The lowest BCUT2D eigenvalue weighted by Gasteiger charge is -2.06. The van der Waals surface area contributed by atoms with Crippen LogP contribution in [0.1, 0.15) is 5.82 Å². The highest BCUT2D eigenvalue weighted by molar-refractivity contribution is 5.86. The third-order valence-corrected chi connectivity index (χ3v) is 3.77. The average molecular weight is 324 g/mol. The Hall–Kier alpha value is -3.07. The van der Waals surface area contributed by atoms with Gasteiger partial charge in [-0.3, -0.25) is 4.40 Å². The first-order valence-electron chi connectivity index (χ1n) is 7.66. The molecule has 0 unspecified atom stereocenters. The predicted molar refractivity (Wildman–Crippen MR) is 87.6 cm³/mol. The van der Waals surface area contributed by atoms with E-state index in [0.717, 1.165) is 22.7 Å². The van der Waals surface area contributed by atoms with E-state index >= 15 is 0 Å². The summed E-state index contributed by atoms with van der Waals surface area (Å²) in [5.41, 5.74) is 1.54. The number of aromatic nitrogens is 7. The van der Waals surface area contributed by atoms with E-state index in [4.69, 9.17) is 5.11 Å². The first kappa shape index (κ1) is 14.5. The zero-order valence-corrected chi connectivity index (χ0v) is 12.9. The van der Waals surface area contributed by atoms with E-state index in [1.807, 2.05) is 28.8 Å². The van der Waals surface area contributed by atoms with E-state index in [1.165, 1.54) is 6.33 Å². The number of aliphatic hydroxyl groups excluding tert-OH is 1. The van der Waals surface area contributed by atoms with Gasteiger partial charge in [0.25, 0.3) is 0 Å². The Bertz CT molecular complexity index is 976. The zero-order chi connectivity index (χ0) is 16.4. The van der Waals surface area contributed by atoms with Crippen LogP contribution < -0.4 is 5.32 Å². The van der Waals surface area contributed by atoms with Crippen LogP contribution in [-0.2, 0) is 13.0 Å². The van der Waals surface area contributed by atoms with Gasteiger partial charge in [0.05, 0.1) is 24.7 Å². The average Bonchev–Trinajstić information content (AvgIpc) is 3.21. The van der Waals surface area contributed by atoms with E-state index < -0.39 is 0 Å². The van der Waals surface area contributed by atoms with Gasteiger partial charge in [-0.1, -0.05) is 6.07 Å². The number of anilines is 1. The van der Waals surface area contributed by atoms with Crippen molar-refractivity contribution in [1.29, 1.82) is 0 Å². The van der Waals surface area contributed by atoms with Gasteiger partial charge >= 0.3 is 0 Å². The van der Waals surface area contributed by atoms with Crippen LogP contribution in [0.4, 0.5) is 5.82 Å². The monoisotopic (exact) mass is 324 g/mol. The molecular weight excluding hydrogens is 308 g/mol. The van der Waals surface area contributed by atoms with E-state index in [-0.39, 0.29) is 6.61 Å². The lowest BCUT2D eigenvalue weighted by atomic mass is 10.3. The number of hydrogen-bond donors (Lipinski definition) is 2. The highest BCUT2D eigenvalue weighted by atomic mass is 16.3. The van der Waals surface area contributed by atoms with Gasteiger partial charge in [0.2, 0.25) is 0 Å². The Morgan fingerprint density at radius 1 is 1.17 bits per heavy atom. The minimum Gasteiger partial charge on any atom is -0.394 e. The third-order valence-electron chi connectivity index (χ3n) is 3.77. The van der Waals surface area contributed by atoms with Crippen LogP contribution in [0.5, 0.6) is 0 Å². The maximum Gasteiger partial charge on any atom is 0.163 e. The van der Waals surface area contributed by atoms with Crippen LogP contribution in [0.25, 0.3) is 16.7 Å². The van der Waals surface area contributed by atoms with Crippen molar-refractivity contribution in [3.63, 3.8) is 0 Å². The van der Waals surface area contributed by atoms with Crippen LogP contribution in [0.15, 0.2) is 36.9 Å². The lowest BCUT2D eigenvalue weighted by Crippen LogP contribution is -2.09. The van der Waals surface area contributed by atoms with E-state index in [2.05, 4.69) is 30.6 Å². The smallest absolute Gasteiger partial charge is 0.163 e. The van der Waals surface area contributed by atoms with E-state index in [1.54, 1.807) is 10.9 Å². The fourth-order valence-corrected chi connectivity index (χ4v) is 2.65. The van der Waals surface area contributed by atoms with E-state index in [0.29, 0.717) is 25.2 Å². The highest BCUT2D eigenvalue weighted by Crippen LogP contribution is 2.18. The molecule has 0 saturated carbocycles. The van der Waals surface area contributed by atoms with Crippen molar-refractivity contribution in [2.24, 2.45) is 0 Å². The molecule has 0 atom stereocenters. The predicted octanol–water partition coefficient (Wildman–Crippen LogP) is 0.516. The Balaban J connectivity index is 1.51. The van der Waals surface area contributed by atoms with Gasteiger partial charge in [-0.25, -0.2) is 14.6 Å². The first-order valence-corrected chi connectivity index (χ1v) is 7.66. The van der Waals surface area contributed by atoms with Crippen molar-refractivity contribution < 1.29 is 5.11 Å². The van der Waals surface area contributed by atoms with Gasteiger partial charge in [-0.15, -0.1) is 10.2 Å². The summed E-state index contributed by atoms with van der Waals surface area (Å²) in [6, 6.07) is 5.82. The van der Waals surface area contributed by atoms with Crippen LogP contribution in [-0.4, -0.2) is 52.6 Å². The number of nitrogens with zero attached hydrogens (tertiary/aromatic N) is 7. The number of pyridine rings is 1. The molecule has 2 N–H and O–H groups in total. The maximum atomic E-state index is 9.07. The fraction of sp³-hybridized carbons (Fsp3) is 0.267. The molecule has 0 aliphatic heterocycles. The second kappa shape index (κ2) is 6.20. The van der Waals surface area contributed by atoms with Crippen molar-refractivity contribution in [1.82, 2.24) is 34.3 Å². The normalized spacial score (nSPS) is 11.4. The number of rotatable bonds is 6. The first-order chi connectivity index (χ1) is 11.9. The molecule has 0 aliphatic carbocycles. The van der Waals surface area contributed by atoms with Crippen molar-refractivity contribution in [2.45, 2.75) is 13.0 Å².